The van der Waals surface area contributed by atoms with E-state index in [2.05, 4.69) is 9.89 Å². The summed E-state index contributed by atoms with van der Waals surface area (Å²) < 4.78 is 4.60. The zero-order chi connectivity index (χ0) is 12.3. The largest absolute Gasteiger partial charge is 0.468 e. The summed E-state index contributed by atoms with van der Waals surface area (Å²) in [5, 5.41) is 3.63. The third-order valence-corrected chi connectivity index (χ3v) is 2.49. The van der Waals surface area contributed by atoms with Crippen LogP contribution in [-0.2, 0) is 14.4 Å². The number of ether oxygens (including phenoxy) is 1. The van der Waals surface area contributed by atoms with Crippen LogP contribution in [0.5, 0.6) is 0 Å². The molecule has 1 aliphatic heterocycles. The maximum absolute atomic E-state index is 12.1. The van der Waals surface area contributed by atoms with E-state index in [-0.39, 0.29) is 18.1 Å². The maximum atomic E-state index is 12.1. The molecule has 1 heterocycles. The topological polar surface area (TPSA) is 65.0 Å². The molecule has 1 aliphatic rings. The Morgan fingerprint density at radius 1 is 1.35 bits per heavy atom. The zero-order valence-corrected chi connectivity index (χ0v) is 9.25. The van der Waals surface area contributed by atoms with E-state index in [1.807, 2.05) is 6.07 Å². The van der Waals surface area contributed by atoms with Crippen molar-refractivity contribution in [3.05, 3.63) is 35.9 Å². The molecule has 0 radical (unpaired) electrons. The number of carbonyl (C=O) groups excluding carboxylic acids is 2. The molecule has 0 bridgehead atoms. The molecule has 1 aromatic rings. The van der Waals surface area contributed by atoms with Crippen molar-refractivity contribution in [1.29, 1.82) is 0 Å². The Morgan fingerprint density at radius 3 is 2.71 bits per heavy atom. The van der Waals surface area contributed by atoms with Crippen molar-refractivity contribution < 1.29 is 19.2 Å². The average molecular weight is 233 g/mol. The highest BCUT2D eigenvalue weighted by Gasteiger charge is 2.36. The van der Waals surface area contributed by atoms with Crippen molar-refractivity contribution in [3.63, 3.8) is 0 Å². The molecule has 5 nitrogen and oxygen atoms in total. The van der Waals surface area contributed by atoms with Crippen LogP contribution in [0.3, 0.4) is 0 Å². The maximum Gasteiger partial charge on any atom is 0.318 e. The van der Waals surface area contributed by atoms with Gasteiger partial charge in [0.25, 0.3) is 0 Å². The SMILES string of the molecule is COC(=O)[C@@H]1CON=C1C(=O)c1ccccc1. The summed E-state index contributed by atoms with van der Waals surface area (Å²) in [6.07, 6.45) is 0. The molecule has 0 spiro atoms. The number of benzene rings is 1. The van der Waals surface area contributed by atoms with Crippen LogP contribution in [0.4, 0.5) is 0 Å². The van der Waals surface area contributed by atoms with Gasteiger partial charge in [-0.25, -0.2) is 0 Å². The first-order chi connectivity index (χ1) is 8.24. The first-order valence-corrected chi connectivity index (χ1v) is 5.11. The molecule has 1 aromatic carbocycles. The number of Topliss-reactive ketones (excluding diaryl/α,β-unsaturated/α-hetero) is 1. The Hall–Kier alpha value is -2.17. The summed E-state index contributed by atoms with van der Waals surface area (Å²) in [5.74, 6) is -1.54. The van der Waals surface area contributed by atoms with E-state index >= 15 is 0 Å². The summed E-state index contributed by atoms with van der Waals surface area (Å²) >= 11 is 0. The fourth-order valence-electron chi connectivity index (χ4n) is 1.58. The summed E-state index contributed by atoms with van der Waals surface area (Å²) in [6, 6.07) is 8.63. The standard InChI is InChI=1S/C12H11NO4/c1-16-12(15)9-7-17-13-10(9)11(14)8-5-3-2-4-6-8/h2-6,9H,7H2,1H3/t9-/m1/s1. The van der Waals surface area contributed by atoms with Gasteiger partial charge in [-0.1, -0.05) is 35.5 Å². The second-order valence-corrected chi connectivity index (χ2v) is 3.54. The van der Waals surface area contributed by atoms with E-state index < -0.39 is 11.9 Å². The van der Waals surface area contributed by atoms with Crippen molar-refractivity contribution in [3.8, 4) is 0 Å². The van der Waals surface area contributed by atoms with Crippen LogP contribution in [0.1, 0.15) is 10.4 Å². The van der Waals surface area contributed by atoms with E-state index in [0.29, 0.717) is 5.56 Å². The molecule has 0 fully saturated rings. The van der Waals surface area contributed by atoms with E-state index in [1.165, 1.54) is 7.11 Å². The highest BCUT2D eigenvalue weighted by Crippen LogP contribution is 2.16. The zero-order valence-electron chi connectivity index (χ0n) is 9.25. The van der Waals surface area contributed by atoms with Crippen LogP contribution in [0.2, 0.25) is 0 Å². The quantitative estimate of drug-likeness (QED) is 0.578. The summed E-state index contributed by atoms with van der Waals surface area (Å²) in [7, 11) is 1.27. The van der Waals surface area contributed by atoms with Crippen LogP contribution in [0.15, 0.2) is 35.5 Å². The van der Waals surface area contributed by atoms with Gasteiger partial charge in [0.05, 0.1) is 7.11 Å². The Bertz CT molecular complexity index is 467. The van der Waals surface area contributed by atoms with Crippen LogP contribution >= 0.6 is 0 Å². The van der Waals surface area contributed by atoms with Crippen molar-refractivity contribution >= 4 is 17.5 Å². The lowest BCUT2D eigenvalue weighted by molar-refractivity contribution is -0.143. The number of nitrogens with zero attached hydrogens (tertiary/aromatic N) is 1. The lowest BCUT2D eigenvalue weighted by Gasteiger charge is -2.06. The normalized spacial score (nSPS) is 18.2. The Balaban J connectivity index is 2.23. The summed E-state index contributed by atoms with van der Waals surface area (Å²) in [4.78, 5) is 28.3. The average Bonchev–Trinajstić information content (AvgIpc) is 2.87. The van der Waals surface area contributed by atoms with Gasteiger partial charge in [-0.05, 0) is 0 Å². The van der Waals surface area contributed by atoms with E-state index in [1.54, 1.807) is 24.3 Å². The summed E-state index contributed by atoms with van der Waals surface area (Å²) in [6.45, 7) is 0.0561. The predicted molar refractivity (Wildman–Crippen MR) is 59.7 cm³/mol. The van der Waals surface area contributed by atoms with Gasteiger partial charge in [0, 0.05) is 5.56 Å². The van der Waals surface area contributed by atoms with Gasteiger partial charge in [0.1, 0.15) is 18.2 Å². The second kappa shape index (κ2) is 4.78. The number of esters is 1. The van der Waals surface area contributed by atoms with Gasteiger partial charge in [0.2, 0.25) is 5.78 Å². The number of ketones is 1. The molecule has 0 unspecified atom stereocenters. The fraction of sp³-hybridized carbons (Fsp3) is 0.250. The molecule has 5 heteroatoms. The van der Waals surface area contributed by atoms with Crippen LogP contribution < -0.4 is 0 Å². The van der Waals surface area contributed by atoms with Gasteiger partial charge < -0.3 is 9.57 Å². The molecule has 0 saturated heterocycles. The number of methoxy groups -OCH3 is 1. The van der Waals surface area contributed by atoms with Crippen molar-refractivity contribution in [1.82, 2.24) is 0 Å². The summed E-state index contributed by atoms with van der Waals surface area (Å²) in [5.41, 5.74) is 0.578. The monoisotopic (exact) mass is 233 g/mol. The van der Waals surface area contributed by atoms with Gasteiger partial charge in [-0.2, -0.15) is 0 Å². The number of hydrogen-bond acceptors (Lipinski definition) is 5. The lowest BCUT2D eigenvalue weighted by Crippen LogP contribution is -2.30. The van der Waals surface area contributed by atoms with Crippen LogP contribution in [-0.4, -0.2) is 31.2 Å². The van der Waals surface area contributed by atoms with Crippen molar-refractivity contribution in [2.45, 2.75) is 0 Å². The molecule has 0 aromatic heterocycles. The first kappa shape index (κ1) is 11.3. The minimum Gasteiger partial charge on any atom is -0.468 e. The highest BCUT2D eigenvalue weighted by molar-refractivity contribution is 6.49. The minimum atomic E-state index is -0.729. The smallest absolute Gasteiger partial charge is 0.318 e. The number of hydrogen-bond donors (Lipinski definition) is 0. The van der Waals surface area contributed by atoms with Crippen LogP contribution in [0.25, 0.3) is 0 Å². The molecule has 1 atom stereocenters. The lowest BCUT2D eigenvalue weighted by atomic mass is 9.97. The number of rotatable bonds is 3. The molecular weight excluding hydrogens is 222 g/mol. The van der Waals surface area contributed by atoms with E-state index in [9.17, 15) is 9.59 Å². The van der Waals surface area contributed by atoms with Crippen molar-refractivity contribution in [2.24, 2.45) is 11.1 Å². The molecule has 88 valence electrons. The molecule has 0 N–H and O–H groups in total. The van der Waals surface area contributed by atoms with E-state index in [0.717, 1.165) is 0 Å². The van der Waals surface area contributed by atoms with Crippen molar-refractivity contribution in [2.75, 3.05) is 13.7 Å². The number of carbonyl (C=O) groups is 2. The highest BCUT2D eigenvalue weighted by atomic mass is 16.6. The Labute approximate surface area is 98.0 Å². The van der Waals surface area contributed by atoms with Gasteiger partial charge >= 0.3 is 5.97 Å². The molecular formula is C12H11NO4. The van der Waals surface area contributed by atoms with Gasteiger partial charge in [-0.15, -0.1) is 0 Å². The van der Waals surface area contributed by atoms with Gasteiger partial charge in [-0.3, -0.25) is 9.59 Å². The fourth-order valence-corrected chi connectivity index (χ4v) is 1.58. The van der Waals surface area contributed by atoms with Crippen LogP contribution in [0, 0.1) is 5.92 Å². The molecule has 0 saturated carbocycles. The minimum absolute atomic E-state index is 0.0561. The third kappa shape index (κ3) is 2.18. The molecule has 17 heavy (non-hydrogen) atoms. The molecule has 0 amide bonds. The molecule has 2 rings (SSSR count). The number of oxime groups is 1. The Morgan fingerprint density at radius 2 is 2.06 bits per heavy atom. The third-order valence-electron chi connectivity index (χ3n) is 2.49. The predicted octanol–water partition coefficient (Wildman–Crippen LogP) is 1.04. The Kier molecular flexibility index (Phi) is 3.18. The first-order valence-electron chi connectivity index (χ1n) is 5.11. The second-order valence-electron chi connectivity index (χ2n) is 3.54. The van der Waals surface area contributed by atoms with Gasteiger partial charge in [0.15, 0.2) is 0 Å². The molecule has 0 aliphatic carbocycles. The van der Waals surface area contributed by atoms with E-state index in [4.69, 9.17) is 4.84 Å².